The van der Waals surface area contributed by atoms with Crippen molar-refractivity contribution in [1.29, 1.82) is 0 Å². The number of sulfonamides is 1. The van der Waals surface area contributed by atoms with Crippen molar-refractivity contribution >= 4 is 32.7 Å². The van der Waals surface area contributed by atoms with Gasteiger partial charge in [-0.25, -0.2) is 23.1 Å². The lowest BCUT2D eigenvalue weighted by molar-refractivity contribution is 0.122. The predicted octanol–water partition coefficient (Wildman–Crippen LogP) is 4.55. The summed E-state index contributed by atoms with van der Waals surface area (Å²) in [4.78, 5) is 11.1. The van der Waals surface area contributed by atoms with Gasteiger partial charge in [-0.2, -0.15) is 0 Å². The molecule has 10 nitrogen and oxygen atoms in total. The van der Waals surface area contributed by atoms with Crippen molar-refractivity contribution < 1.29 is 17.9 Å². The number of ether oxygens (including phenoxy) is 2. The van der Waals surface area contributed by atoms with Crippen molar-refractivity contribution in [2.75, 3.05) is 44.0 Å². The van der Waals surface area contributed by atoms with Crippen molar-refractivity contribution in [2.24, 2.45) is 0 Å². The van der Waals surface area contributed by atoms with Crippen LogP contribution >= 0.6 is 0 Å². The fourth-order valence-corrected chi connectivity index (χ4v) is 6.60. The molecule has 1 saturated heterocycles. The van der Waals surface area contributed by atoms with Crippen LogP contribution in [0.25, 0.3) is 27.8 Å². The van der Waals surface area contributed by atoms with E-state index in [-0.39, 0.29) is 10.8 Å². The maximum atomic E-state index is 13.5. The Balaban J connectivity index is 1.35. The number of nitrogen functional groups attached to an aromatic ring is 1. The van der Waals surface area contributed by atoms with Gasteiger partial charge in [-0.3, -0.25) is 4.57 Å². The molecule has 2 aromatic heterocycles. The fraction of sp³-hybridized carbons (Fsp3) is 0.226. The summed E-state index contributed by atoms with van der Waals surface area (Å²) in [6.45, 7) is 4.94. The number of morpholine rings is 1. The van der Waals surface area contributed by atoms with Gasteiger partial charge < -0.3 is 20.1 Å². The lowest BCUT2D eigenvalue weighted by atomic mass is 10.1. The number of rotatable bonds is 8. The van der Waals surface area contributed by atoms with Crippen LogP contribution in [0.4, 0.5) is 11.6 Å². The third kappa shape index (κ3) is 5.41. The van der Waals surface area contributed by atoms with Gasteiger partial charge in [0, 0.05) is 42.3 Å². The number of imidazole rings is 1. The first-order valence-corrected chi connectivity index (χ1v) is 15.1. The van der Waals surface area contributed by atoms with Crippen LogP contribution in [-0.2, 0) is 14.8 Å². The number of nitrogens with two attached hydrogens (primary N) is 1. The molecule has 216 valence electrons. The zero-order chi connectivity index (χ0) is 29.3. The standard InChI is InChI=1S/C31H32N6O4S/c1-21(22-6-4-3-5-7-22)35-42(38,39)29-19-24(20-33-30(29)40-2)23-8-13-27-28(18-23)37(31(32)34-27)26-11-9-25(10-12-26)36-14-16-41-17-15-36/h3-13,18-21,35H,14-17H2,1-2H3,(H2,32,34). The first-order chi connectivity index (χ1) is 20.3. The number of hydrogen-bond donors (Lipinski definition) is 2. The van der Waals surface area contributed by atoms with Gasteiger partial charge in [0.05, 0.1) is 31.4 Å². The van der Waals surface area contributed by atoms with Gasteiger partial charge in [-0.05, 0) is 60.5 Å². The smallest absolute Gasteiger partial charge is 0.246 e. The molecule has 3 N–H and O–H groups in total. The van der Waals surface area contributed by atoms with Gasteiger partial charge >= 0.3 is 0 Å². The van der Waals surface area contributed by atoms with Crippen molar-refractivity contribution in [3.05, 3.63) is 90.6 Å². The molecule has 3 heterocycles. The zero-order valence-electron chi connectivity index (χ0n) is 23.4. The van der Waals surface area contributed by atoms with Crippen molar-refractivity contribution in [1.82, 2.24) is 19.3 Å². The minimum Gasteiger partial charge on any atom is -0.480 e. The van der Waals surface area contributed by atoms with Crippen LogP contribution in [0.1, 0.15) is 18.5 Å². The van der Waals surface area contributed by atoms with Crippen LogP contribution in [0.2, 0.25) is 0 Å². The number of benzene rings is 3. The first-order valence-electron chi connectivity index (χ1n) is 13.7. The largest absolute Gasteiger partial charge is 0.480 e. The van der Waals surface area contributed by atoms with Gasteiger partial charge in [-0.1, -0.05) is 36.4 Å². The molecule has 3 aromatic carbocycles. The summed E-state index contributed by atoms with van der Waals surface area (Å²) in [6, 6.07) is 24.4. The average molecular weight is 585 g/mol. The number of fused-ring (bicyclic) bond motifs is 1. The molecular weight excluding hydrogens is 552 g/mol. The number of nitrogens with one attached hydrogen (secondary N) is 1. The van der Waals surface area contributed by atoms with Crippen molar-refractivity contribution in [3.63, 3.8) is 0 Å². The Bertz CT molecular complexity index is 1820. The first kappa shape index (κ1) is 27.7. The molecular formula is C31H32N6O4S. The lowest BCUT2D eigenvalue weighted by Gasteiger charge is -2.29. The molecule has 5 aromatic rings. The molecule has 1 atom stereocenters. The number of methoxy groups -OCH3 is 1. The van der Waals surface area contributed by atoms with Crippen LogP contribution in [0, 0.1) is 0 Å². The highest BCUT2D eigenvalue weighted by molar-refractivity contribution is 7.89. The maximum Gasteiger partial charge on any atom is 0.246 e. The van der Waals surface area contributed by atoms with E-state index in [0.717, 1.165) is 59.8 Å². The Hall–Kier alpha value is -4.45. The van der Waals surface area contributed by atoms with E-state index < -0.39 is 16.1 Å². The number of aromatic nitrogens is 3. The third-order valence-corrected chi connectivity index (χ3v) is 8.97. The maximum absolute atomic E-state index is 13.5. The summed E-state index contributed by atoms with van der Waals surface area (Å²) >= 11 is 0. The Morgan fingerprint density at radius 1 is 0.952 bits per heavy atom. The van der Waals surface area contributed by atoms with Crippen LogP contribution < -0.4 is 20.1 Å². The second-order valence-electron chi connectivity index (χ2n) is 10.1. The minimum atomic E-state index is -3.97. The molecule has 0 amide bonds. The van der Waals surface area contributed by atoms with E-state index in [1.54, 1.807) is 19.2 Å². The lowest BCUT2D eigenvalue weighted by Crippen LogP contribution is -2.36. The molecule has 0 aliphatic carbocycles. The normalized spacial score (nSPS) is 14.7. The molecule has 1 aliphatic heterocycles. The topological polar surface area (TPSA) is 125 Å². The van der Waals surface area contributed by atoms with E-state index in [9.17, 15) is 8.42 Å². The van der Waals surface area contributed by atoms with E-state index in [2.05, 4.69) is 31.7 Å². The molecule has 0 radical (unpaired) electrons. The average Bonchev–Trinajstić information content (AvgIpc) is 3.36. The molecule has 6 rings (SSSR count). The monoisotopic (exact) mass is 584 g/mol. The second kappa shape index (κ2) is 11.4. The van der Waals surface area contributed by atoms with Crippen molar-refractivity contribution in [2.45, 2.75) is 17.9 Å². The SMILES string of the molecule is COc1ncc(-c2ccc3nc(N)n(-c4ccc(N5CCOCC5)cc4)c3c2)cc1S(=O)(=O)NC(C)c1ccccc1. The van der Waals surface area contributed by atoms with Crippen LogP contribution in [0.15, 0.2) is 90.0 Å². The molecule has 1 fully saturated rings. The van der Waals surface area contributed by atoms with Crippen molar-refractivity contribution in [3.8, 4) is 22.7 Å². The summed E-state index contributed by atoms with van der Waals surface area (Å²) in [5.41, 5.74) is 12.1. The quantitative estimate of drug-likeness (QED) is 0.272. The summed E-state index contributed by atoms with van der Waals surface area (Å²) in [6.07, 6.45) is 1.60. The van der Waals surface area contributed by atoms with Crippen LogP contribution in [0.3, 0.4) is 0 Å². The summed E-state index contributed by atoms with van der Waals surface area (Å²) < 4.78 is 42.5. The predicted molar refractivity (Wildman–Crippen MR) is 163 cm³/mol. The Kier molecular flexibility index (Phi) is 7.55. The van der Waals surface area contributed by atoms with Gasteiger partial charge in [0.15, 0.2) is 0 Å². The number of nitrogens with zero attached hydrogens (tertiary/aromatic N) is 4. The van der Waals surface area contributed by atoms with Gasteiger partial charge in [0.1, 0.15) is 4.90 Å². The minimum absolute atomic E-state index is 0.0160. The highest BCUT2D eigenvalue weighted by Crippen LogP contribution is 2.32. The Morgan fingerprint density at radius 3 is 2.38 bits per heavy atom. The fourth-order valence-electron chi connectivity index (χ4n) is 5.22. The Morgan fingerprint density at radius 2 is 1.67 bits per heavy atom. The molecule has 0 saturated carbocycles. The third-order valence-electron chi connectivity index (χ3n) is 7.43. The van der Waals surface area contributed by atoms with E-state index in [1.807, 2.05) is 65.2 Å². The van der Waals surface area contributed by atoms with Gasteiger partial charge in [0.2, 0.25) is 21.9 Å². The number of anilines is 2. The van der Waals surface area contributed by atoms with Gasteiger partial charge in [0.25, 0.3) is 0 Å². The number of pyridine rings is 1. The second-order valence-corrected chi connectivity index (χ2v) is 11.8. The molecule has 0 spiro atoms. The van der Waals surface area contributed by atoms with Crippen LogP contribution in [0.5, 0.6) is 5.88 Å². The van der Waals surface area contributed by atoms with Gasteiger partial charge in [-0.15, -0.1) is 0 Å². The summed E-state index contributed by atoms with van der Waals surface area (Å²) in [5.74, 6) is 0.374. The summed E-state index contributed by atoms with van der Waals surface area (Å²) in [7, 11) is -2.57. The molecule has 0 bridgehead atoms. The summed E-state index contributed by atoms with van der Waals surface area (Å²) in [5, 5.41) is 0. The molecule has 1 unspecified atom stereocenters. The Labute approximate surface area is 244 Å². The number of hydrogen-bond acceptors (Lipinski definition) is 8. The van der Waals surface area contributed by atoms with E-state index in [1.165, 1.54) is 7.11 Å². The zero-order valence-corrected chi connectivity index (χ0v) is 24.2. The highest BCUT2D eigenvalue weighted by Gasteiger charge is 2.25. The van der Waals surface area contributed by atoms with Crippen LogP contribution in [-0.4, -0.2) is 56.4 Å². The molecule has 42 heavy (non-hydrogen) atoms. The highest BCUT2D eigenvalue weighted by atomic mass is 32.2. The van der Waals surface area contributed by atoms with E-state index >= 15 is 0 Å². The molecule has 1 aliphatic rings. The molecule has 11 heteroatoms. The van der Waals surface area contributed by atoms with E-state index in [4.69, 9.17) is 15.2 Å². The van der Waals surface area contributed by atoms with E-state index in [0.29, 0.717) is 11.5 Å².